The quantitative estimate of drug-likeness (QED) is 0.129. The van der Waals surface area contributed by atoms with Gasteiger partial charge in [0.2, 0.25) is 10.9 Å². The minimum atomic E-state index is -0.953. The first-order valence-electron chi connectivity index (χ1n) is 20.0. The van der Waals surface area contributed by atoms with E-state index in [0.717, 1.165) is 12.1 Å². The lowest BCUT2D eigenvalue weighted by Crippen LogP contribution is -2.44. The predicted octanol–water partition coefficient (Wildman–Crippen LogP) is 2.89. The minimum Gasteiger partial charge on any atom is -0.503 e. The van der Waals surface area contributed by atoms with Crippen LogP contribution in [0.3, 0.4) is 0 Å². The second-order valence-electron chi connectivity index (χ2n) is 15.3. The standard InChI is InChI=1S/2C21H22F2N4O4/c2*1-3-26-9-12-7-14(24-2)16-15(18(28)19(29)17(21(26)31)27(12)16)20(30)25-8-10-4-5-11(22)6-13(10)23/h2*4-6,12,14,24,29H,3,7-9H2,1-2H3,(H,25,30)/t12-,14+;12-,14-/m11/s1. The summed E-state index contributed by atoms with van der Waals surface area (Å²) in [6, 6.07) is 4.76. The molecule has 0 spiro atoms. The van der Waals surface area contributed by atoms with Gasteiger partial charge in [-0.2, -0.15) is 0 Å². The summed E-state index contributed by atoms with van der Waals surface area (Å²) in [5, 5.41) is 32.2. The van der Waals surface area contributed by atoms with E-state index < -0.39 is 69.3 Å². The van der Waals surface area contributed by atoms with E-state index in [0.29, 0.717) is 62.5 Å². The number of carbonyl (C=O) groups excluding carboxylic acids is 4. The number of benzene rings is 2. The Morgan fingerprint density at radius 3 is 1.34 bits per heavy atom. The molecule has 0 aliphatic carbocycles. The van der Waals surface area contributed by atoms with Crippen molar-refractivity contribution in [3.8, 4) is 11.5 Å². The van der Waals surface area contributed by atoms with Gasteiger partial charge in [-0.25, -0.2) is 17.6 Å². The molecule has 0 radical (unpaired) electrons. The van der Waals surface area contributed by atoms with E-state index in [2.05, 4.69) is 21.3 Å². The lowest BCUT2D eigenvalue weighted by molar-refractivity contribution is 0.0668. The number of hydrogen-bond acceptors (Lipinski definition) is 10. The van der Waals surface area contributed by atoms with Crippen LogP contribution in [0.15, 0.2) is 46.0 Å². The normalized spacial score (nSPS) is 19.5. The third-order valence-corrected chi connectivity index (χ3v) is 11.9. The van der Waals surface area contributed by atoms with Crippen LogP contribution in [0.4, 0.5) is 17.6 Å². The van der Waals surface area contributed by atoms with E-state index in [4.69, 9.17) is 0 Å². The van der Waals surface area contributed by atoms with Crippen molar-refractivity contribution in [2.24, 2.45) is 0 Å². The molecular weight excluding hydrogens is 821 g/mol. The summed E-state index contributed by atoms with van der Waals surface area (Å²) in [5.74, 6) is -7.22. The number of hydrogen-bond donors (Lipinski definition) is 6. The number of aromatic nitrogens is 2. The monoisotopic (exact) mass is 864 g/mol. The van der Waals surface area contributed by atoms with Gasteiger partial charge < -0.3 is 50.4 Å². The number of amides is 4. The van der Waals surface area contributed by atoms with Crippen LogP contribution in [0.1, 0.15) is 115 Å². The number of aromatic hydroxyl groups is 2. The molecule has 4 aromatic rings. The molecule has 4 aliphatic rings. The number of carbonyl (C=O) groups is 4. The number of pyridine rings is 2. The van der Waals surface area contributed by atoms with Crippen molar-refractivity contribution in [1.29, 1.82) is 0 Å². The van der Waals surface area contributed by atoms with E-state index in [9.17, 15) is 56.5 Å². The van der Waals surface area contributed by atoms with Crippen LogP contribution in [-0.4, -0.2) is 93.1 Å². The van der Waals surface area contributed by atoms with E-state index in [1.54, 1.807) is 33.0 Å². The zero-order valence-electron chi connectivity index (χ0n) is 34.1. The molecule has 2 aromatic carbocycles. The van der Waals surface area contributed by atoms with Crippen molar-refractivity contribution in [3.63, 3.8) is 0 Å². The highest BCUT2D eigenvalue weighted by molar-refractivity contribution is 6.01. The van der Waals surface area contributed by atoms with Gasteiger partial charge >= 0.3 is 0 Å². The van der Waals surface area contributed by atoms with Crippen molar-refractivity contribution >= 4 is 23.6 Å². The van der Waals surface area contributed by atoms with Gasteiger partial charge in [0, 0.05) is 62.5 Å². The van der Waals surface area contributed by atoms with Crippen molar-refractivity contribution < 1.29 is 47.0 Å². The maximum Gasteiger partial charge on any atom is 0.274 e. The summed E-state index contributed by atoms with van der Waals surface area (Å²) in [5.41, 5.74) is -1.97. The predicted molar refractivity (Wildman–Crippen MR) is 214 cm³/mol. The molecular formula is C42H44F4N8O8. The Morgan fingerprint density at radius 2 is 1.02 bits per heavy atom. The molecule has 62 heavy (non-hydrogen) atoms. The molecule has 2 aromatic heterocycles. The highest BCUT2D eigenvalue weighted by atomic mass is 19.1. The molecule has 4 atom stereocenters. The Morgan fingerprint density at radius 1 is 0.645 bits per heavy atom. The van der Waals surface area contributed by atoms with Gasteiger partial charge in [0.15, 0.2) is 22.9 Å². The first-order chi connectivity index (χ1) is 29.6. The molecule has 0 saturated heterocycles. The Hall–Kier alpha value is -6.54. The molecule has 8 rings (SSSR count). The van der Waals surface area contributed by atoms with Crippen LogP contribution < -0.4 is 32.1 Å². The molecule has 0 saturated carbocycles. The van der Waals surface area contributed by atoms with Crippen LogP contribution in [0.5, 0.6) is 11.5 Å². The van der Waals surface area contributed by atoms with Crippen LogP contribution in [0, 0.1) is 23.3 Å². The number of nitrogens with one attached hydrogen (secondary N) is 4. The fourth-order valence-corrected chi connectivity index (χ4v) is 8.86. The van der Waals surface area contributed by atoms with Crippen molar-refractivity contribution in [3.05, 3.63) is 125 Å². The van der Waals surface area contributed by atoms with Gasteiger partial charge in [0.1, 0.15) is 34.4 Å². The molecule has 4 amide bonds. The maximum atomic E-state index is 13.9. The fraction of sp³-hybridized carbons (Fsp3) is 0.381. The molecule has 4 aliphatic heterocycles. The smallest absolute Gasteiger partial charge is 0.274 e. The molecule has 328 valence electrons. The Balaban J connectivity index is 0.000000186. The van der Waals surface area contributed by atoms with Gasteiger partial charge in [0.25, 0.3) is 23.6 Å². The highest BCUT2D eigenvalue weighted by Crippen LogP contribution is 2.43. The fourth-order valence-electron chi connectivity index (χ4n) is 8.86. The maximum absolute atomic E-state index is 13.9. The summed E-state index contributed by atoms with van der Waals surface area (Å²) in [4.78, 5) is 80.6. The third kappa shape index (κ3) is 7.35. The second-order valence-corrected chi connectivity index (χ2v) is 15.3. The highest BCUT2D eigenvalue weighted by Gasteiger charge is 2.46. The first kappa shape index (κ1) is 43.5. The number of nitrogens with zero attached hydrogens (tertiary/aromatic N) is 4. The summed E-state index contributed by atoms with van der Waals surface area (Å²) in [6.45, 7) is 4.72. The SMILES string of the molecule is CCN1C[C@H]2C[C@@H](NC)c3c(C(=O)NCc4ccc(F)cc4F)c(=O)c(O)c(n32)C1=O.CCN1C[C@H]2C[C@H](NC)c3c(C(=O)NCc4ccc(F)cc4F)c(=O)c(O)c(n32)C1=O. The van der Waals surface area contributed by atoms with Gasteiger partial charge in [0.05, 0.1) is 35.6 Å². The third-order valence-electron chi connectivity index (χ3n) is 11.9. The second kappa shape index (κ2) is 17.1. The summed E-state index contributed by atoms with van der Waals surface area (Å²) in [6.07, 6.45) is 1.06. The lowest BCUT2D eigenvalue weighted by atomic mass is 10.0. The minimum absolute atomic E-state index is 0.0465. The van der Waals surface area contributed by atoms with E-state index in [1.807, 2.05) is 13.8 Å². The summed E-state index contributed by atoms with van der Waals surface area (Å²) >= 11 is 0. The van der Waals surface area contributed by atoms with Gasteiger partial charge in [-0.3, -0.25) is 28.8 Å². The molecule has 6 heterocycles. The molecule has 6 N–H and O–H groups in total. The Kier molecular flexibility index (Phi) is 12.0. The zero-order chi connectivity index (χ0) is 44.9. The molecule has 20 heteroatoms. The Labute approximate surface area is 351 Å². The summed E-state index contributed by atoms with van der Waals surface area (Å²) < 4.78 is 57.2. The number of rotatable bonds is 10. The van der Waals surface area contributed by atoms with E-state index in [1.165, 1.54) is 12.1 Å². The van der Waals surface area contributed by atoms with Gasteiger partial charge in [-0.15, -0.1) is 0 Å². The average Bonchev–Trinajstić information content (AvgIpc) is 3.79. The molecule has 0 unspecified atom stereocenters. The zero-order valence-corrected chi connectivity index (χ0v) is 34.1. The van der Waals surface area contributed by atoms with Crippen LogP contribution in [0.25, 0.3) is 0 Å². The van der Waals surface area contributed by atoms with Crippen molar-refractivity contribution in [2.75, 3.05) is 40.3 Å². The molecule has 0 bridgehead atoms. The summed E-state index contributed by atoms with van der Waals surface area (Å²) in [7, 11) is 3.36. The number of halogens is 4. The number of likely N-dealkylation sites (N-methyl/N-ethyl adjacent to an activating group) is 2. The Bertz CT molecular complexity index is 2470. The average molecular weight is 865 g/mol. The van der Waals surface area contributed by atoms with E-state index >= 15 is 0 Å². The van der Waals surface area contributed by atoms with Crippen LogP contribution in [-0.2, 0) is 13.1 Å². The van der Waals surface area contributed by atoms with Crippen LogP contribution >= 0.6 is 0 Å². The topological polar surface area (TPSA) is 207 Å². The van der Waals surface area contributed by atoms with Gasteiger partial charge in [-0.1, -0.05) is 12.1 Å². The first-order valence-corrected chi connectivity index (χ1v) is 20.0. The van der Waals surface area contributed by atoms with Gasteiger partial charge in [-0.05, 0) is 52.9 Å². The molecule has 16 nitrogen and oxygen atoms in total. The molecule has 0 fully saturated rings. The largest absolute Gasteiger partial charge is 0.503 e. The van der Waals surface area contributed by atoms with E-state index in [-0.39, 0.29) is 70.9 Å². The van der Waals surface area contributed by atoms with Crippen molar-refractivity contribution in [2.45, 2.75) is 63.9 Å². The lowest BCUT2D eigenvalue weighted by Gasteiger charge is -2.33. The van der Waals surface area contributed by atoms with Crippen molar-refractivity contribution in [1.82, 2.24) is 40.2 Å². The van der Waals surface area contributed by atoms with Crippen LogP contribution in [0.2, 0.25) is 0 Å².